The van der Waals surface area contributed by atoms with Crippen LogP contribution in [0.15, 0.2) is 16.3 Å². The van der Waals surface area contributed by atoms with E-state index in [0.717, 1.165) is 37.2 Å². The molecule has 6 nitrogen and oxygen atoms in total. The highest BCUT2D eigenvalue weighted by atomic mass is 32.2. The monoisotopic (exact) mass is 385 g/mol. The Hall–Kier alpha value is -0.960. The molecule has 3 heterocycles. The lowest BCUT2D eigenvalue weighted by Gasteiger charge is -2.22. The molecule has 0 aliphatic carbocycles. The standard InChI is InChI=1S/C17H27N3O3S2/c21-16(19-9-7-14-4-3-8-18-13-14)12-15-5-6-17(24-15)25(22,23)20-10-1-2-11-20/h5-6,14,18H,1-4,7-13H2,(H,19,21). The molecule has 0 aromatic carbocycles. The Labute approximate surface area is 154 Å². The number of carbonyl (C=O) groups is 1. The lowest BCUT2D eigenvalue weighted by atomic mass is 9.96. The van der Waals surface area contributed by atoms with Gasteiger partial charge in [0.1, 0.15) is 4.21 Å². The summed E-state index contributed by atoms with van der Waals surface area (Å²) in [7, 11) is -3.37. The summed E-state index contributed by atoms with van der Waals surface area (Å²) in [5.74, 6) is 0.615. The van der Waals surface area contributed by atoms with Gasteiger partial charge in [0.15, 0.2) is 0 Å². The van der Waals surface area contributed by atoms with Gasteiger partial charge in [-0.15, -0.1) is 11.3 Å². The maximum atomic E-state index is 12.5. The molecule has 140 valence electrons. The van der Waals surface area contributed by atoms with E-state index in [9.17, 15) is 13.2 Å². The van der Waals surface area contributed by atoms with Gasteiger partial charge >= 0.3 is 0 Å². The second-order valence-corrected chi connectivity index (χ2v) is 10.2. The van der Waals surface area contributed by atoms with Crippen LogP contribution < -0.4 is 10.6 Å². The van der Waals surface area contributed by atoms with Crippen LogP contribution in [-0.2, 0) is 21.2 Å². The number of carbonyl (C=O) groups excluding carboxylic acids is 1. The highest BCUT2D eigenvalue weighted by Gasteiger charge is 2.28. The SMILES string of the molecule is O=C(Cc1ccc(S(=O)(=O)N2CCCC2)s1)NCCC1CCCNC1. The van der Waals surface area contributed by atoms with E-state index in [4.69, 9.17) is 0 Å². The molecule has 2 N–H and O–H groups in total. The first-order valence-electron chi connectivity index (χ1n) is 9.12. The summed E-state index contributed by atoms with van der Waals surface area (Å²) in [6, 6.07) is 3.40. The molecule has 8 heteroatoms. The molecule has 2 aliphatic rings. The van der Waals surface area contributed by atoms with Crippen molar-refractivity contribution in [2.45, 2.75) is 42.7 Å². The van der Waals surface area contributed by atoms with Gasteiger partial charge in [0, 0.05) is 24.5 Å². The second-order valence-electron chi connectivity index (χ2n) is 6.86. The molecule has 1 amide bonds. The molecule has 1 aromatic rings. The number of nitrogens with zero attached hydrogens (tertiary/aromatic N) is 1. The van der Waals surface area contributed by atoms with Crippen molar-refractivity contribution in [1.29, 1.82) is 0 Å². The van der Waals surface area contributed by atoms with E-state index in [1.54, 1.807) is 16.4 Å². The normalized spacial score (nSPS) is 22.2. The van der Waals surface area contributed by atoms with Gasteiger partial charge in [0.2, 0.25) is 5.91 Å². The predicted molar refractivity (Wildman–Crippen MR) is 99.2 cm³/mol. The molecule has 1 unspecified atom stereocenters. The van der Waals surface area contributed by atoms with Crippen LogP contribution in [-0.4, -0.2) is 51.4 Å². The Morgan fingerprint density at radius 3 is 2.80 bits per heavy atom. The number of thiophene rings is 1. The number of hydrogen-bond donors (Lipinski definition) is 2. The van der Waals surface area contributed by atoms with Crippen molar-refractivity contribution >= 4 is 27.3 Å². The molecule has 2 fully saturated rings. The van der Waals surface area contributed by atoms with E-state index in [1.807, 2.05) is 0 Å². The first-order valence-corrected chi connectivity index (χ1v) is 11.4. The number of amides is 1. The molecular formula is C17H27N3O3S2. The number of piperidine rings is 1. The van der Waals surface area contributed by atoms with Gasteiger partial charge in [-0.2, -0.15) is 4.31 Å². The van der Waals surface area contributed by atoms with Crippen LogP contribution in [0.1, 0.15) is 37.0 Å². The lowest BCUT2D eigenvalue weighted by molar-refractivity contribution is -0.120. The van der Waals surface area contributed by atoms with Gasteiger partial charge in [-0.05, 0) is 63.2 Å². The molecule has 2 aliphatic heterocycles. The average Bonchev–Trinajstić information content (AvgIpc) is 3.28. The number of nitrogens with one attached hydrogen (secondary N) is 2. The third-order valence-electron chi connectivity index (χ3n) is 4.90. The molecule has 0 bridgehead atoms. The molecule has 2 saturated heterocycles. The molecular weight excluding hydrogens is 358 g/mol. The van der Waals surface area contributed by atoms with Gasteiger partial charge in [-0.3, -0.25) is 4.79 Å². The molecule has 0 spiro atoms. The Morgan fingerprint density at radius 2 is 2.08 bits per heavy atom. The largest absolute Gasteiger partial charge is 0.356 e. The van der Waals surface area contributed by atoms with E-state index in [0.29, 0.717) is 29.8 Å². The summed E-state index contributed by atoms with van der Waals surface area (Å²) >= 11 is 1.22. The Kier molecular flexibility index (Phi) is 6.49. The van der Waals surface area contributed by atoms with Gasteiger partial charge < -0.3 is 10.6 Å². The molecule has 0 radical (unpaired) electrons. The third-order valence-corrected chi connectivity index (χ3v) is 8.36. The fraction of sp³-hybridized carbons (Fsp3) is 0.706. The average molecular weight is 386 g/mol. The van der Waals surface area contributed by atoms with Crippen LogP contribution in [0, 0.1) is 5.92 Å². The molecule has 25 heavy (non-hydrogen) atoms. The van der Waals surface area contributed by atoms with E-state index in [-0.39, 0.29) is 12.3 Å². The summed E-state index contributed by atoms with van der Waals surface area (Å²) in [5, 5.41) is 6.34. The molecule has 0 saturated carbocycles. The zero-order valence-corrected chi connectivity index (χ0v) is 16.1. The highest BCUT2D eigenvalue weighted by molar-refractivity contribution is 7.91. The van der Waals surface area contributed by atoms with E-state index >= 15 is 0 Å². The van der Waals surface area contributed by atoms with Crippen LogP contribution in [0.3, 0.4) is 0 Å². The lowest BCUT2D eigenvalue weighted by Crippen LogP contribution is -2.33. The quantitative estimate of drug-likeness (QED) is 0.747. The zero-order chi connectivity index (χ0) is 17.7. The Morgan fingerprint density at radius 1 is 1.28 bits per heavy atom. The van der Waals surface area contributed by atoms with Crippen LogP contribution in [0.25, 0.3) is 0 Å². The first-order chi connectivity index (χ1) is 12.1. The molecule has 3 rings (SSSR count). The second kappa shape index (κ2) is 8.62. The molecule has 1 aromatic heterocycles. The highest BCUT2D eigenvalue weighted by Crippen LogP contribution is 2.27. The summed E-state index contributed by atoms with van der Waals surface area (Å²) < 4.78 is 26.9. The first kappa shape index (κ1) is 18.8. The number of sulfonamides is 1. The minimum atomic E-state index is -3.37. The van der Waals surface area contributed by atoms with Crippen molar-refractivity contribution in [3.63, 3.8) is 0 Å². The molecule has 1 atom stereocenters. The van der Waals surface area contributed by atoms with Crippen LogP contribution in [0.2, 0.25) is 0 Å². The summed E-state index contributed by atoms with van der Waals surface area (Å²) in [6.07, 6.45) is 5.54. The summed E-state index contributed by atoms with van der Waals surface area (Å²) in [4.78, 5) is 12.9. The van der Waals surface area contributed by atoms with Crippen LogP contribution in [0.4, 0.5) is 0 Å². The maximum Gasteiger partial charge on any atom is 0.252 e. The van der Waals surface area contributed by atoms with Crippen molar-refractivity contribution in [2.75, 3.05) is 32.7 Å². The maximum absolute atomic E-state index is 12.5. The van der Waals surface area contributed by atoms with Crippen molar-refractivity contribution in [3.8, 4) is 0 Å². The Balaban J connectivity index is 1.46. The van der Waals surface area contributed by atoms with Gasteiger partial charge in [-0.1, -0.05) is 0 Å². The Bertz CT molecular complexity index is 675. The van der Waals surface area contributed by atoms with Crippen LogP contribution in [0.5, 0.6) is 0 Å². The van der Waals surface area contributed by atoms with Crippen molar-refractivity contribution < 1.29 is 13.2 Å². The van der Waals surface area contributed by atoms with Crippen LogP contribution >= 0.6 is 11.3 Å². The van der Waals surface area contributed by atoms with E-state index in [2.05, 4.69) is 10.6 Å². The van der Waals surface area contributed by atoms with E-state index in [1.165, 1.54) is 24.2 Å². The fourth-order valence-corrected chi connectivity index (χ4v) is 6.48. The van der Waals surface area contributed by atoms with E-state index < -0.39 is 10.0 Å². The van der Waals surface area contributed by atoms with Gasteiger partial charge in [0.25, 0.3) is 10.0 Å². The fourth-order valence-electron chi connectivity index (χ4n) is 3.45. The van der Waals surface area contributed by atoms with Crippen molar-refractivity contribution in [3.05, 3.63) is 17.0 Å². The van der Waals surface area contributed by atoms with Crippen molar-refractivity contribution in [2.24, 2.45) is 5.92 Å². The summed E-state index contributed by atoms with van der Waals surface area (Å²) in [5.41, 5.74) is 0. The van der Waals surface area contributed by atoms with Gasteiger partial charge in [0.05, 0.1) is 6.42 Å². The minimum Gasteiger partial charge on any atom is -0.356 e. The minimum absolute atomic E-state index is 0.0317. The van der Waals surface area contributed by atoms with Gasteiger partial charge in [-0.25, -0.2) is 8.42 Å². The smallest absolute Gasteiger partial charge is 0.252 e. The predicted octanol–water partition coefficient (Wildman–Crippen LogP) is 1.58. The summed E-state index contributed by atoms with van der Waals surface area (Å²) in [6.45, 7) is 4.04. The van der Waals surface area contributed by atoms with Crippen molar-refractivity contribution in [1.82, 2.24) is 14.9 Å². The number of hydrogen-bond acceptors (Lipinski definition) is 5. The number of rotatable bonds is 7. The third kappa shape index (κ3) is 5.03. The topological polar surface area (TPSA) is 78.5 Å². The zero-order valence-electron chi connectivity index (χ0n) is 14.5.